The molecule has 0 aromatic rings. The number of rotatable bonds is 4. The predicted molar refractivity (Wildman–Crippen MR) is 46.0 cm³/mol. The molecule has 0 saturated carbocycles. The molecule has 1 amide bonds. The Balaban J connectivity index is 3.44. The Morgan fingerprint density at radius 2 is 1.82 bits per heavy atom. The molecule has 1 radical (unpaired) electrons. The molecular formula is C7H12NO2S. The van der Waals surface area contributed by atoms with E-state index in [0.717, 1.165) is 0 Å². The monoisotopic (exact) mass is 174 g/mol. The zero-order valence-corrected chi connectivity index (χ0v) is 7.57. The van der Waals surface area contributed by atoms with Crippen LogP contribution < -0.4 is 5.32 Å². The first kappa shape index (κ1) is 10.5. The van der Waals surface area contributed by atoms with Crippen molar-refractivity contribution in [1.82, 2.24) is 5.32 Å². The lowest BCUT2D eigenvalue weighted by Crippen LogP contribution is -2.22. The number of amides is 1. The van der Waals surface area contributed by atoms with Crippen LogP contribution in [0.5, 0.6) is 0 Å². The van der Waals surface area contributed by atoms with Crippen LogP contribution in [0.2, 0.25) is 0 Å². The highest BCUT2D eigenvalue weighted by atomic mass is 32.1. The molecule has 0 rings (SSSR count). The third-order valence-electron chi connectivity index (χ3n) is 1.03. The maximum Gasteiger partial charge on any atom is 0.218 e. The number of hydrogen-bond acceptors (Lipinski definition) is 3. The van der Waals surface area contributed by atoms with Gasteiger partial charge in [-0.3, -0.25) is 4.79 Å². The minimum Gasteiger partial charge on any atom is -0.339 e. The topological polar surface area (TPSA) is 46.2 Å². The molecule has 0 aromatic carbocycles. The molecular weight excluding hydrogens is 162 g/mol. The average molecular weight is 174 g/mol. The molecule has 0 spiro atoms. The Morgan fingerprint density at radius 1 is 1.27 bits per heavy atom. The molecule has 0 bridgehead atoms. The molecule has 4 heteroatoms. The van der Waals surface area contributed by atoms with Crippen molar-refractivity contribution in [2.75, 3.05) is 0 Å². The molecule has 3 nitrogen and oxygen atoms in total. The van der Waals surface area contributed by atoms with E-state index < -0.39 is 0 Å². The van der Waals surface area contributed by atoms with Gasteiger partial charge in [0.1, 0.15) is 11.2 Å². The van der Waals surface area contributed by atoms with Crippen LogP contribution in [0.1, 0.15) is 26.7 Å². The highest BCUT2D eigenvalue weighted by molar-refractivity contribution is 7.83. The van der Waals surface area contributed by atoms with Crippen LogP contribution in [0.3, 0.4) is 0 Å². The van der Waals surface area contributed by atoms with Crippen LogP contribution in [0.4, 0.5) is 0 Å². The third kappa shape index (κ3) is 7.39. The van der Waals surface area contributed by atoms with Gasteiger partial charge in [0.15, 0.2) is 0 Å². The molecule has 63 valence electrons. The number of Topliss-reactive ketones (excluding diaryl/α,β-unsaturated/α-hetero) is 1. The fraction of sp³-hybridized carbons (Fsp3) is 0.571. The predicted octanol–water partition coefficient (Wildman–Crippen LogP) is 0.911. The molecule has 0 aromatic heterocycles. The number of thiol groups is 1. The van der Waals surface area contributed by atoms with Gasteiger partial charge in [-0.15, -0.1) is 12.6 Å². The molecule has 11 heavy (non-hydrogen) atoms. The third-order valence-corrected chi connectivity index (χ3v) is 1.37. The van der Waals surface area contributed by atoms with Gasteiger partial charge in [-0.2, -0.15) is 0 Å². The van der Waals surface area contributed by atoms with Gasteiger partial charge in [0.25, 0.3) is 0 Å². The highest BCUT2D eigenvalue weighted by Gasteiger charge is 2.05. The van der Waals surface area contributed by atoms with E-state index in [1.807, 2.05) is 0 Å². The fourth-order valence-corrected chi connectivity index (χ4v) is 0.829. The van der Waals surface area contributed by atoms with Gasteiger partial charge in [-0.1, -0.05) is 0 Å². The first-order valence-electron chi connectivity index (χ1n) is 3.34. The number of ketones is 1. The summed E-state index contributed by atoms with van der Waals surface area (Å²) in [7, 11) is 0. The molecule has 0 atom stereocenters. The summed E-state index contributed by atoms with van der Waals surface area (Å²) in [5.74, 6) is -0.0551. The van der Waals surface area contributed by atoms with Crippen LogP contribution in [-0.2, 0) is 9.59 Å². The van der Waals surface area contributed by atoms with Gasteiger partial charge in [-0.05, 0) is 13.3 Å². The SMILES string of the molecule is CC(=O)CC[C](S)NC(C)=O. The van der Waals surface area contributed by atoms with E-state index >= 15 is 0 Å². The molecule has 0 unspecified atom stereocenters. The zero-order chi connectivity index (χ0) is 8.85. The minimum atomic E-state index is -0.154. The summed E-state index contributed by atoms with van der Waals surface area (Å²) in [6.07, 6.45) is 0.942. The van der Waals surface area contributed by atoms with E-state index in [9.17, 15) is 9.59 Å². The van der Waals surface area contributed by atoms with E-state index in [1.54, 1.807) is 0 Å². The van der Waals surface area contributed by atoms with Crippen molar-refractivity contribution in [3.05, 3.63) is 5.37 Å². The average Bonchev–Trinajstić information content (AvgIpc) is 1.82. The van der Waals surface area contributed by atoms with Crippen LogP contribution in [-0.4, -0.2) is 11.7 Å². The Bertz CT molecular complexity index is 159. The van der Waals surface area contributed by atoms with Crippen molar-refractivity contribution in [2.45, 2.75) is 26.7 Å². The largest absolute Gasteiger partial charge is 0.339 e. The summed E-state index contributed by atoms with van der Waals surface area (Å²) < 4.78 is 0. The van der Waals surface area contributed by atoms with E-state index in [2.05, 4.69) is 17.9 Å². The highest BCUT2D eigenvalue weighted by Crippen LogP contribution is 2.09. The maximum absolute atomic E-state index is 10.5. The maximum atomic E-state index is 10.5. The van der Waals surface area contributed by atoms with Crippen molar-refractivity contribution in [3.63, 3.8) is 0 Å². The van der Waals surface area contributed by atoms with Crippen molar-refractivity contribution < 1.29 is 9.59 Å². The van der Waals surface area contributed by atoms with Crippen LogP contribution >= 0.6 is 12.6 Å². The van der Waals surface area contributed by atoms with E-state index in [1.165, 1.54) is 13.8 Å². The quantitative estimate of drug-likeness (QED) is 0.622. The molecule has 0 fully saturated rings. The van der Waals surface area contributed by atoms with Gasteiger partial charge in [0, 0.05) is 13.3 Å². The summed E-state index contributed by atoms with van der Waals surface area (Å²) in [6.45, 7) is 2.92. The summed E-state index contributed by atoms with van der Waals surface area (Å²) >= 11 is 3.98. The van der Waals surface area contributed by atoms with Gasteiger partial charge in [-0.25, -0.2) is 0 Å². The Kier molecular flexibility index (Phi) is 4.94. The zero-order valence-electron chi connectivity index (χ0n) is 6.68. The number of nitrogens with one attached hydrogen (secondary N) is 1. The lowest BCUT2D eigenvalue weighted by Gasteiger charge is -2.07. The molecule has 0 aliphatic heterocycles. The number of carbonyl (C=O) groups is 2. The van der Waals surface area contributed by atoms with Crippen molar-refractivity contribution in [2.24, 2.45) is 0 Å². The van der Waals surface area contributed by atoms with E-state index in [4.69, 9.17) is 0 Å². The van der Waals surface area contributed by atoms with Crippen molar-refractivity contribution in [1.29, 1.82) is 0 Å². The van der Waals surface area contributed by atoms with Gasteiger partial charge in [0.05, 0.1) is 0 Å². The minimum absolute atomic E-state index is 0.0990. The molecule has 1 N–H and O–H groups in total. The summed E-state index contributed by atoms with van der Waals surface area (Å²) in [4.78, 5) is 20.9. The van der Waals surface area contributed by atoms with Gasteiger partial charge < -0.3 is 10.1 Å². The smallest absolute Gasteiger partial charge is 0.218 e. The Morgan fingerprint density at radius 3 is 2.18 bits per heavy atom. The fourth-order valence-electron chi connectivity index (χ4n) is 0.560. The van der Waals surface area contributed by atoms with Crippen LogP contribution in [0, 0.1) is 5.37 Å². The number of carbonyl (C=O) groups excluding carboxylic acids is 2. The van der Waals surface area contributed by atoms with Crippen molar-refractivity contribution >= 4 is 24.3 Å². The van der Waals surface area contributed by atoms with E-state index in [-0.39, 0.29) is 11.7 Å². The van der Waals surface area contributed by atoms with Crippen LogP contribution in [0.15, 0.2) is 0 Å². The summed E-state index contributed by atoms with van der Waals surface area (Å²) in [6, 6.07) is 0. The first-order chi connectivity index (χ1) is 5.02. The van der Waals surface area contributed by atoms with Gasteiger partial charge in [0.2, 0.25) is 5.91 Å². The van der Waals surface area contributed by atoms with E-state index in [0.29, 0.717) is 18.2 Å². The number of hydrogen-bond donors (Lipinski definition) is 2. The standard InChI is InChI=1S/C7H12NO2S/c1-5(9)3-4-7(11)8-6(2)10/h11H,3-4H2,1-2H3,(H,8,10). The first-order valence-corrected chi connectivity index (χ1v) is 3.79. The van der Waals surface area contributed by atoms with Gasteiger partial charge >= 0.3 is 0 Å². The molecule has 0 aliphatic carbocycles. The lowest BCUT2D eigenvalue weighted by molar-refractivity contribution is -0.119. The molecule has 0 saturated heterocycles. The second-order valence-corrected chi connectivity index (χ2v) is 2.87. The lowest BCUT2D eigenvalue weighted by atomic mass is 10.2. The Hall–Kier alpha value is -0.510. The summed E-state index contributed by atoms with van der Waals surface area (Å²) in [5, 5.41) is 3.04. The normalized spacial score (nSPS) is 9.82. The van der Waals surface area contributed by atoms with Crippen LogP contribution in [0.25, 0.3) is 0 Å². The van der Waals surface area contributed by atoms with Crippen molar-refractivity contribution in [3.8, 4) is 0 Å². The Labute approximate surface area is 72.0 Å². The second-order valence-electron chi connectivity index (χ2n) is 2.33. The second kappa shape index (κ2) is 5.18. The summed E-state index contributed by atoms with van der Waals surface area (Å²) in [5.41, 5.74) is 0. The molecule has 0 heterocycles. The molecule has 0 aliphatic rings.